The van der Waals surface area contributed by atoms with Gasteiger partial charge in [-0.05, 0) is 30.3 Å². The molecule has 0 saturated carbocycles. The zero-order valence-electron chi connectivity index (χ0n) is 14.4. The van der Waals surface area contributed by atoms with Crippen LogP contribution in [0.1, 0.15) is 11.1 Å². The Labute approximate surface area is 167 Å². The molecule has 0 unspecified atom stereocenters. The van der Waals surface area contributed by atoms with Crippen LogP contribution in [0.3, 0.4) is 0 Å². The monoisotopic (exact) mass is 400 g/mol. The lowest BCUT2D eigenvalue weighted by Crippen LogP contribution is -2.43. The molecule has 138 valence electrons. The number of benzene rings is 2. The minimum absolute atomic E-state index is 0. The first-order valence-corrected chi connectivity index (χ1v) is 8.93. The third kappa shape index (κ3) is 6.17. The largest absolute Gasteiger partial charge is 0.392 e. The van der Waals surface area contributed by atoms with E-state index < -0.39 is 0 Å². The molecule has 0 atom stereocenters. The molecule has 0 aliphatic carbocycles. The summed E-state index contributed by atoms with van der Waals surface area (Å²) in [6.45, 7) is 5.62. The zero-order valence-corrected chi connectivity index (χ0v) is 16.9. The lowest BCUT2D eigenvalue weighted by molar-refractivity contribution is 0.147. The van der Waals surface area contributed by atoms with Gasteiger partial charge in [0.05, 0.1) is 6.61 Å². The van der Waals surface area contributed by atoms with Gasteiger partial charge in [-0.25, -0.2) is 0 Å². The van der Waals surface area contributed by atoms with Gasteiger partial charge in [-0.2, -0.15) is 0 Å². The van der Waals surface area contributed by atoms with Gasteiger partial charge in [0.25, 0.3) is 0 Å². The quantitative estimate of drug-likeness (QED) is 0.822. The number of rotatable bonds is 5. The van der Waals surface area contributed by atoms with Gasteiger partial charge in [0.15, 0.2) is 0 Å². The summed E-state index contributed by atoms with van der Waals surface area (Å²) in [5, 5.41) is 9.53. The van der Waals surface area contributed by atoms with Crippen molar-refractivity contribution < 1.29 is 5.11 Å². The van der Waals surface area contributed by atoms with E-state index in [1.54, 1.807) is 11.8 Å². The molecule has 1 heterocycles. The molecule has 0 bridgehead atoms. The standard InChI is InChI=1S/C19H24N2OS.2ClH/c1-20-10-12-21(13-11-20)14-16-6-2-4-8-18(16)23-19-9-5-3-7-17(19)15-22;;/h2-9,22H,10-15H2,1H3;2*1H. The Hall–Kier alpha value is -0.750. The summed E-state index contributed by atoms with van der Waals surface area (Å²) >= 11 is 1.76. The Morgan fingerprint density at radius 2 is 1.36 bits per heavy atom. The van der Waals surface area contributed by atoms with Crippen LogP contribution >= 0.6 is 36.6 Å². The minimum atomic E-state index is 0. The second kappa shape index (κ2) is 11.1. The number of aliphatic hydroxyl groups is 1. The molecule has 3 nitrogen and oxygen atoms in total. The van der Waals surface area contributed by atoms with Crippen molar-refractivity contribution in [2.45, 2.75) is 22.9 Å². The van der Waals surface area contributed by atoms with Crippen LogP contribution in [0.4, 0.5) is 0 Å². The van der Waals surface area contributed by atoms with Crippen LogP contribution in [0.2, 0.25) is 0 Å². The van der Waals surface area contributed by atoms with Crippen molar-refractivity contribution in [3.05, 3.63) is 59.7 Å². The molecule has 6 heteroatoms. The lowest BCUT2D eigenvalue weighted by atomic mass is 10.2. The van der Waals surface area contributed by atoms with E-state index in [1.165, 1.54) is 10.5 Å². The van der Waals surface area contributed by atoms with Crippen molar-refractivity contribution >= 4 is 36.6 Å². The smallest absolute Gasteiger partial charge is 0.0692 e. The Kier molecular flexibility index (Phi) is 9.87. The van der Waals surface area contributed by atoms with Crippen LogP contribution in [0.25, 0.3) is 0 Å². The van der Waals surface area contributed by atoms with Gasteiger partial charge < -0.3 is 10.0 Å². The van der Waals surface area contributed by atoms with E-state index in [-0.39, 0.29) is 31.4 Å². The van der Waals surface area contributed by atoms with Gasteiger partial charge >= 0.3 is 0 Å². The molecular weight excluding hydrogens is 375 g/mol. The van der Waals surface area contributed by atoms with E-state index in [2.05, 4.69) is 47.2 Å². The molecule has 0 radical (unpaired) electrons. The zero-order chi connectivity index (χ0) is 16.1. The van der Waals surface area contributed by atoms with Gasteiger partial charge in [-0.1, -0.05) is 48.2 Å². The average molecular weight is 401 g/mol. The number of hydrogen-bond donors (Lipinski definition) is 1. The lowest BCUT2D eigenvalue weighted by Gasteiger charge is -2.32. The molecule has 2 aromatic rings. The van der Waals surface area contributed by atoms with Gasteiger partial charge in [-0.15, -0.1) is 24.8 Å². The molecule has 1 aliphatic heterocycles. The summed E-state index contributed by atoms with van der Waals surface area (Å²) in [4.78, 5) is 7.33. The highest BCUT2D eigenvalue weighted by Gasteiger charge is 2.15. The topological polar surface area (TPSA) is 26.7 Å². The Bertz CT molecular complexity index is 649. The second-order valence-electron chi connectivity index (χ2n) is 6.06. The summed E-state index contributed by atoms with van der Waals surface area (Å²) in [6.07, 6.45) is 0. The van der Waals surface area contributed by atoms with Gasteiger partial charge in [0.1, 0.15) is 0 Å². The van der Waals surface area contributed by atoms with Crippen molar-refractivity contribution in [3.63, 3.8) is 0 Å². The molecule has 0 spiro atoms. The van der Waals surface area contributed by atoms with E-state index in [9.17, 15) is 5.11 Å². The molecule has 2 aromatic carbocycles. The van der Waals surface area contributed by atoms with E-state index in [0.717, 1.165) is 43.2 Å². The molecule has 0 amide bonds. The maximum atomic E-state index is 9.53. The second-order valence-corrected chi connectivity index (χ2v) is 7.14. The Balaban J connectivity index is 0.00000156. The van der Waals surface area contributed by atoms with Gasteiger partial charge in [0, 0.05) is 42.5 Å². The first-order valence-electron chi connectivity index (χ1n) is 8.11. The van der Waals surface area contributed by atoms with Crippen LogP contribution in [-0.4, -0.2) is 48.1 Å². The van der Waals surface area contributed by atoms with Crippen LogP contribution < -0.4 is 0 Å². The van der Waals surface area contributed by atoms with Crippen LogP contribution in [-0.2, 0) is 13.2 Å². The molecular formula is C19H26Cl2N2OS. The fraction of sp³-hybridized carbons (Fsp3) is 0.368. The molecule has 0 aromatic heterocycles. The molecule has 1 saturated heterocycles. The maximum Gasteiger partial charge on any atom is 0.0692 e. The first kappa shape index (κ1) is 22.3. The maximum absolute atomic E-state index is 9.53. The normalized spacial score (nSPS) is 15.3. The number of aliphatic hydroxyl groups excluding tert-OH is 1. The minimum Gasteiger partial charge on any atom is -0.392 e. The fourth-order valence-corrected chi connectivity index (χ4v) is 3.89. The summed E-state index contributed by atoms with van der Waals surface area (Å²) in [7, 11) is 2.19. The summed E-state index contributed by atoms with van der Waals surface area (Å²) in [5.41, 5.74) is 2.36. The summed E-state index contributed by atoms with van der Waals surface area (Å²) in [6, 6.07) is 16.7. The summed E-state index contributed by atoms with van der Waals surface area (Å²) < 4.78 is 0. The third-order valence-electron chi connectivity index (χ3n) is 4.33. The van der Waals surface area contributed by atoms with Crippen molar-refractivity contribution in [1.82, 2.24) is 9.80 Å². The van der Waals surface area contributed by atoms with Crippen molar-refractivity contribution in [2.24, 2.45) is 0 Å². The third-order valence-corrected chi connectivity index (χ3v) is 5.56. The van der Waals surface area contributed by atoms with E-state index >= 15 is 0 Å². The first-order chi connectivity index (χ1) is 11.3. The molecule has 1 aliphatic rings. The van der Waals surface area contributed by atoms with E-state index in [1.807, 2.05) is 18.2 Å². The van der Waals surface area contributed by atoms with Gasteiger partial charge in [-0.3, -0.25) is 4.90 Å². The van der Waals surface area contributed by atoms with Crippen molar-refractivity contribution in [1.29, 1.82) is 0 Å². The number of nitrogens with zero attached hydrogens (tertiary/aromatic N) is 2. The molecule has 3 rings (SSSR count). The summed E-state index contributed by atoms with van der Waals surface area (Å²) in [5.74, 6) is 0. The number of piperazine rings is 1. The predicted octanol–water partition coefficient (Wildman–Crippen LogP) is 3.92. The number of halogens is 2. The predicted molar refractivity (Wildman–Crippen MR) is 110 cm³/mol. The molecule has 25 heavy (non-hydrogen) atoms. The number of likely N-dealkylation sites (N-methyl/N-ethyl adjacent to an activating group) is 1. The van der Waals surface area contributed by atoms with E-state index in [4.69, 9.17) is 0 Å². The van der Waals surface area contributed by atoms with Crippen LogP contribution in [0.15, 0.2) is 58.3 Å². The highest BCUT2D eigenvalue weighted by molar-refractivity contribution is 7.99. The highest BCUT2D eigenvalue weighted by atomic mass is 35.5. The highest BCUT2D eigenvalue weighted by Crippen LogP contribution is 2.33. The van der Waals surface area contributed by atoms with Gasteiger partial charge in [0.2, 0.25) is 0 Å². The Morgan fingerprint density at radius 1 is 0.840 bits per heavy atom. The van der Waals surface area contributed by atoms with Crippen LogP contribution in [0, 0.1) is 0 Å². The molecule has 1 N–H and O–H groups in total. The Morgan fingerprint density at radius 3 is 1.96 bits per heavy atom. The average Bonchev–Trinajstić information content (AvgIpc) is 2.59. The van der Waals surface area contributed by atoms with Crippen molar-refractivity contribution in [3.8, 4) is 0 Å². The number of hydrogen-bond acceptors (Lipinski definition) is 4. The fourth-order valence-electron chi connectivity index (χ4n) is 2.83. The molecule has 1 fully saturated rings. The SMILES string of the molecule is CN1CCN(Cc2ccccc2Sc2ccccc2CO)CC1.Cl.Cl. The van der Waals surface area contributed by atoms with E-state index in [0.29, 0.717) is 0 Å². The van der Waals surface area contributed by atoms with Crippen molar-refractivity contribution in [2.75, 3.05) is 33.2 Å². The van der Waals surface area contributed by atoms with Crippen LogP contribution in [0.5, 0.6) is 0 Å².